The van der Waals surface area contributed by atoms with Crippen molar-refractivity contribution < 1.29 is 4.79 Å². The fourth-order valence-electron chi connectivity index (χ4n) is 6.20. The monoisotopic (exact) mass is 270 g/mol. The third kappa shape index (κ3) is 1.47. The van der Waals surface area contributed by atoms with E-state index >= 15 is 0 Å². The molecule has 6 atom stereocenters. The fourth-order valence-corrected chi connectivity index (χ4v) is 6.20. The first-order chi connectivity index (χ1) is 9.56. The van der Waals surface area contributed by atoms with Crippen LogP contribution in [0.3, 0.4) is 0 Å². The Morgan fingerprint density at radius 3 is 2.75 bits per heavy atom. The molecule has 0 aromatic carbocycles. The summed E-state index contributed by atoms with van der Waals surface area (Å²) in [5.41, 5.74) is 0.378. The van der Waals surface area contributed by atoms with Crippen LogP contribution >= 0.6 is 0 Å². The number of carbonyl (C=O) groups excluding carboxylic acids is 1. The summed E-state index contributed by atoms with van der Waals surface area (Å²) < 4.78 is 0. The van der Waals surface area contributed by atoms with Crippen LogP contribution in [0.1, 0.15) is 52.4 Å². The maximum Gasteiger partial charge on any atom is 0.139 e. The topological polar surface area (TPSA) is 17.1 Å². The molecule has 0 heterocycles. The van der Waals surface area contributed by atoms with E-state index in [-0.39, 0.29) is 5.41 Å². The van der Waals surface area contributed by atoms with Crippen molar-refractivity contribution >= 4 is 5.78 Å². The minimum atomic E-state index is 0.0264. The second-order valence-corrected chi connectivity index (χ2v) is 8.09. The molecule has 1 unspecified atom stereocenters. The first-order valence-corrected chi connectivity index (χ1v) is 8.45. The SMILES string of the molecule is C[C@]12C=CC=CC1CC[C@@H]1[C@@H]2CC[C@]2(C)C(=O)CC[C@@H]12. The molecular weight excluding hydrogens is 244 g/mol. The Labute approximate surface area is 122 Å². The van der Waals surface area contributed by atoms with Gasteiger partial charge in [0.05, 0.1) is 0 Å². The molecule has 0 aliphatic heterocycles. The van der Waals surface area contributed by atoms with Crippen LogP contribution in [0.25, 0.3) is 0 Å². The van der Waals surface area contributed by atoms with Gasteiger partial charge in [0.1, 0.15) is 5.78 Å². The van der Waals surface area contributed by atoms with E-state index in [1.807, 2.05) is 0 Å². The molecule has 0 bridgehead atoms. The van der Waals surface area contributed by atoms with Gasteiger partial charge in [-0.2, -0.15) is 0 Å². The van der Waals surface area contributed by atoms with E-state index in [4.69, 9.17) is 0 Å². The second kappa shape index (κ2) is 4.08. The molecule has 4 rings (SSSR count). The van der Waals surface area contributed by atoms with Crippen molar-refractivity contribution in [2.75, 3.05) is 0 Å². The minimum absolute atomic E-state index is 0.0264. The summed E-state index contributed by atoms with van der Waals surface area (Å²) in [6.07, 6.45) is 16.5. The smallest absolute Gasteiger partial charge is 0.139 e. The molecule has 4 aliphatic rings. The van der Waals surface area contributed by atoms with Gasteiger partial charge in [-0.25, -0.2) is 0 Å². The average molecular weight is 270 g/mol. The summed E-state index contributed by atoms with van der Waals surface area (Å²) in [4.78, 5) is 12.3. The Morgan fingerprint density at radius 2 is 1.90 bits per heavy atom. The van der Waals surface area contributed by atoms with Crippen molar-refractivity contribution in [3.8, 4) is 0 Å². The lowest BCUT2D eigenvalue weighted by molar-refractivity contribution is -0.133. The lowest BCUT2D eigenvalue weighted by Crippen LogP contribution is -2.51. The second-order valence-electron chi connectivity index (χ2n) is 8.09. The summed E-state index contributed by atoms with van der Waals surface area (Å²) in [5.74, 6) is 3.55. The van der Waals surface area contributed by atoms with E-state index < -0.39 is 0 Å². The standard InChI is InChI=1S/C19H26O/c1-18-11-4-3-5-13(18)6-7-14-15-8-9-17(20)19(15,2)12-10-16(14)18/h3-5,11,13-16H,6-10,12H2,1-2H3/t13?,14-,15-,16-,18-,19-/m0/s1. The van der Waals surface area contributed by atoms with E-state index in [1.54, 1.807) is 0 Å². The number of hydrogen-bond donors (Lipinski definition) is 0. The maximum atomic E-state index is 12.3. The van der Waals surface area contributed by atoms with Gasteiger partial charge in [-0.05, 0) is 61.2 Å². The highest BCUT2D eigenvalue weighted by molar-refractivity contribution is 5.87. The molecule has 0 amide bonds. The van der Waals surface area contributed by atoms with Crippen molar-refractivity contribution in [3.05, 3.63) is 24.3 Å². The van der Waals surface area contributed by atoms with Crippen LogP contribution in [0.5, 0.6) is 0 Å². The molecule has 0 radical (unpaired) electrons. The molecular formula is C19H26O. The first-order valence-electron chi connectivity index (χ1n) is 8.45. The Kier molecular flexibility index (Phi) is 2.63. The summed E-state index contributed by atoms with van der Waals surface area (Å²) in [6, 6.07) is 0. The normalized spacial score (nSPS) is 53.4. The highest BCUT2D eigenvalue weighted by Gasteiger charge is 2.58. The molecule has 0 spiro atoms. The quantitative estimate of drug-likeness (QED) is 0.631. The van der Waals surface area contributed by atoms with Crippen molar-refractivity contribution in [1.29, 1.82) is 0 Å². The Balaban J connectivity index is 1.70. The summed E-state index contributed by atoms with van der Waals surface area (Å²) in [6.45, 7) is 4.75. The van der Waals surface area contributed by atoms with E-state index in [9.17, 15) is 4.79 Å². The van der Waals surface area contributed by atoms with E-state index in [0.717, 1.165) is 37.0 Å². The van der Waals surface area contributed by atoms with Crippen LogP contribution in [-0.2, 0) is 4.79 Å². The molecule has 20 heavy (non-hydrogen) atoms. The Morgan fingerprint density at radius 1 is 1.05 bits per heavy atom. The molecule has 0 aromatic heterocycles. The highest BCUT2D eigenvalue weighted by Crippen LogP contribution is 2.63. The van der Waals surface area contributed by atoms with Crippen LogP contribution in [0.2, 0.25) is 0 Å². The maximum absolute atomic E-state index is 12.3. The number of hydrogen-bond acceptors (Lipinski definition) is 1. The van der Waals surface area contributed by atoms with Gasteiger partial charge in [0, 0.05) is 11.8 Å². The molecule has 108 valence electrons. The summed E-state index contributed by atoms with van der Waals surface area (Å²) in [5, 5.41) is 0. The first kappa shape index (κ1) is 12.9. The van der Waals surface area contributed by atoms with Crippen LogP contribution in [0.15, 0.2) is 24.3 Å². The Bertz CT molecular complexity index is 502. The van der Waals surface area contributed by atoms with Gasteiger partial charge in [-0.3, -0.25) is 4.79 Å². The van der Waals surface area contributed by atoms with E-state index in [2.05, 4.69) is 38.2 Å². The zero-order valence-electron chi connectivity index (χ0n) is 12.8. The molecule has 0 aromatic rings. The van der Waals surface area contributed by atoms with Crippen molar-refractivity contribution in [2.24, 2.45) is 34.5 Å². The molecule has 4 aliphatic carbocycles. The summed E-state index contributed by atoms with van der Waals surface area (Å²) in [7, 11) is 0. The van der Waals surface area contributed by atoms with E-state index in [0.29, 0.717) is 17.1 Å². The molecule has 1 heteroatoms. The lowest BCUT2D eigenvalue weighted by atomic mass is 9.47. The Hall–Kier alpha value is -0.850. The predicted octanol–water partition coefficient (Wildman–Crippen LogP) is 4.54. The zero-order valence-corrected chi connectivity index (χ0v) is 12.8. The van der Waals surface area contributed by atoms with Gasteiger partial charge in [-0.1, -0.05) is 38.2 Å². The average Bonchev–Trinajstić information content (AvgIpc) is 2.74. The number of allylic oxidation sites excluding steroid dienone is 4. The van der Waals surface area contributed by atoms with Gasteiger partial charge in [0.15, 0.2) is 0 Å². The van der Waals surface area contributed by atoms with Gasteiger partial charge >= 0.3 is 0 Å². The van der Waals surface area contributed by atoms with Crippen LogP contribution in [-0.4, -0.2) is 5.78 Å². The van der Waals surface area contributed by atoms with Gasteiger partial charge in [-0.15, -0.1) is 0 Å². The number of fused-ring (bicyclic) bond motifs is 5. The minimum Gasteiger partial charge on any atom is -0.299 e. The van der Waals surface area contributed by atoms with Crippen LogP contribution in [0, 0.1) is 34.5 Å². The van der Waals surface area contributed by atoms with Gasteiger partial charge < -0.3 is 0 Å². The number of Topliss-reactive ketones (excluding diaryl/α,β-unsaturated/α-hetero) is 1. The van der Waals surface area contributed by atoms with Crippen LogP contribution in [0.4, 0.5) is 0 Å². The highest BCUT2D eigenvalue weighted by atomic mass is 16.1. The van der Waals surface area contributed by atoms with Crippen LogP contribution < -0.4 is 0 Å². The molecule has 0 N–H and O–H groups in total. The van der Waals surface area contributed by atoms with Crippen molar-refractivity contribution in [3.63, 3.8) is 0 Å². The largest absolute Gasteiger partial charge is 0.299 e. The van der Waals surface area contributed by atoms with Crippen molar-refractivity contribution in [2.45, 2.75) is 52.4 Å². The number of rotatable bonds is 0. The number of carbonyl (C=O) groups is 1. The van der Waals surface area contributed by atoms with E-state index in [1.165, 1.54) is 19.3 Å². The third-order valence-electron chi connectivity index (χ3n) is 7.46. The molecule has 3 fully saturated rings. The van der Waals surface area contributed by atoms with Crippen molar-refractivity contribution in [1.82, 2.24) is 0 Å². The summed E-state index contributed by atoms with van der Waals surface area (Å²) >= 11 is 0. The van der Waals surface area contributed by atoms with Gasteiger partial charge in [0.2, 0.25) is 0 Å². The predicted molar refractivity (Wildman–Crippen MR) is 81.2 cm³/mol. The van der Waals surface area contributed by atoms with Gasteiger partial charge in [0.25, 0.3) is 0 Å². The third-order valence-corrected chi connectivity index (χ3v) is 7.46. The molecule has 3 saturated carbocycles. The molecule has 0 saturated heterocycles. The lowest BCUT2D eigenvalue weighted by Gasteiger charge is -2.57. The number of ketones is 1. The zero-order chi connectivity index (χ0) is 14.0. The molecule has 1 nitrogen and oxygen atoms in total. The fraction of sp³-hybridized carbons (Fsp3) is 0.737.